The first-order valence-corrected chi connectivity index (χ1v) is 10.0. The summed E-state index contributed by atoms with van der Waals surface area (Å²) in [5, 5.41) is 0. The summed E-state index contributed by atoms with van der Waals surface area (Å²) < 4.78 is 27.7. The quantitative estimate of drug-likeness (QED) is 0.554. The highest BCUT2D eigenvalue weighted by Gasteiger charge is 2.22. The van der Waals surface area contributed by atoms with Crippen molar-refractivity contribution in [3.63, 3.8) is 0 Å². The molecule has 30 heavy (non-hydrogen) atoms. The molecule has 1 atom stereocenters. The Morgan fingerprint density at radius 3 is 2.50 bits per heavy atom. The van der Waals surface area contributed by atoms with Gasteiger partial charge in [0.25, 0.3) is 0 Å². The molecule has 0 fully saturated rings. The van der Waals surface area contributed by atoms with Crippen molar-refractivity contribution in [3.8, 4) is 23.0 Å². The molecule has 1 heterocycles. The van der Waals surface area contributed by atoms with Crippen LogP contribution in [0.15, 0.2) is 41.4 Å². The van der Waals surface area contributed by atoms with Gasteiger partial charge < -0.3 is 23.7 Å². The number of nitrogens with zero attached hydrogens (tertiary/aromatic N) is 1. The number of hydrogen-bond acceptors (Lipinski definition) is 7. The summed E-state index contributed by atoms with van der Waals surface area (Å²) in [6, 6.07) is 10.9. The third-order valence-electron chi connectivity index (χ3n) is 4.45. The first-order chi connectivity index (χ1) is 14.7. The maximum Gasteiger partial charge on any atom is 0.187 e. The summed E-state index contributed by atoms with van der Waals surface area (Å²) in [6.45, 7) is 5.92. The van der Waals surface area contributed by atoms with Crippen molar-refractivity contribution in [1.82, 2.24) is 0 Å². The first kappa shape index (κ1) is 21.6. The first-order valence-electron chi connectivity index (χ1n) is 10.0. The molecule has 0 saturated carbocycles. The normalized spacial score (nSPS) is 13.8. The molecule has 0 saturated heterocycles. The van der Waals surface area contributed by atoms with Crippen molar-refractivity contribution in [3.05, 3.63) is 47.5 Å². The highest BCUT2D eigenvalue weighted by Crippen LogP contribution is 2.33. The number of benzene rings is 2. The third kappa shape index (κ3) is 5.30. The molecule has 0 radical (unpaired) electrons. The highest BCUT2D eigenvalue weighted by molar-refractivity contribution is 5.89. The van der Waals surface area contributed by atoms with Crippen LogP contribution in [0.1, 0.15) is 31.1 Å². The van der Waals surface area contributed by atoms with E-state index < -0.39 is 6.10 Å². The van der Waals surface area contributed by atoms with Gasteiger partial charge in [0.05, 0.1) is 13.2 Å². The lowest BCUT2D eigenvalue weighted by molar-refractivity contribution is -0.127. The largest absolute Gasteiger partial charge is 0.490 e. The Hall–Kier alpha value is -3.06. The lowest BCUT2D eigenvalue weighted by Gasteiger charge is -2.20. The minimum absolute atomic E-state index is 0.00979. The van der Waals surface area contributed by atoms with Crippen molar-refractivity contribution in [1.29, 1.82) is 0 Å². The molecule has 2 aromatic rings. The van der Waals surface area contributed by atoms with E-state index in [0.717, 1.165) is 5.56 Å². The zero-order chi connectivity index (χ0) is 21.3. The van der Waals surface area contributed by atoms with Crippen molar-refractivity contribution in [2.75, 3.05) is 40.1 Å². The summed E-state index contributed by atoms with van der Waals surface area (Å²) in [4.78, 5) is 17.0. The molecule has 0 spiro atoms. The zero-order valence-corrected chi connectivity index (χ0v) is 17.6. The molecule has 0 N–H and O–H groups in total. The Kier molecular flexibility index (Phi) is 7.68. The molecule has 7 nitrogen and oxygen atoms in total. The number of aliphatic imine (C=N–C) groups is 1. The molecule has 1 unspecified atom stereocenters. The van der Waals surface area contributed by atoms with Crippen LogP contribution in [-0.2, 0) is 9.53 Å². The van der Waals surface area contributed by atoms with E-state index in [1.165, 1.54) is 7.11 Å². The van der Waals surface area contributed by atoms with E-state index in [4.69, 9.17) is 23.7 Å². The predicted octanol–water partition coefficient (Wildman–Crippen LogP) is 3.63. The molecule has 160 valence electrons. The van der Waals surface area contributed by atoms with Gasteiger partial charge in [-0.3, -0.25) is 9.79 Å². The van der Waals surface area contributed by atoms with Gasteiger partial charge in [-0.1, -0.05) is 6.07 Å². The second kappa shape index (κ2) is 10.6. The monoisotopic (exact) mass is 413 g/mol. The molecule has 0 aromatic heterocycles. The topological polar surface area (TPSA) is 75.6 Å². The second-order valence-electron chi connectivity index (χ2n) is 6.53. The van der Waals surface area contributed by atoms with Crippen LogP contribution in [0.25, 0.3) is 0 Å². The summed E-state index contributed by atoms with van der Waals surface area (Å²) in [6.07, 6.45) is 0.921. The maximum absolute atomic E-state index is 12.7. The fourth-order valence-electron chi connectivity index (χ4n) is 3.15. The van der Waals surface area contributed by atoms with Crippen molar-refractivity contribution < 1.29 is 28.5 Å². The Balaban J connectivity index is 1.67. The van der Waals surface area contributed by atoms with E-state index >= 15 is 0 Å². The number of ketones is 1. The summed E-state index contributed by atoms with van der Waals surface area (Å²) in [5.41, 5.74) is 1.53. The van der Waals surface area contributed by atoms with E-state index in [0.29, 0.717) is 55.0 Å². The number of methoxy groups -OCH3 is 1. The lowest BCUT2D eigenvalue weighted by Crippen LogP contribution is -2.19. The van der Waals surface area contributed by atoms with E-state index in [-0.39, 0.29) is 12.3 Å². The lowest BCUT2D eigenvalue weighted by atomic mass is 10.0. The fourth-order valence-corrected chi connectivity index (χ4v) is 3.15. The number of rotatable bonds is 10. The summed E-state index contributed by atoms with van der Waals surface area (Å²) >= 11 is 0. The third-order valence-corrected chi connectivity index (χ3v) is 4.45. The Morgan fingerprint density at radius 2 is 1.77 bits per heavy atom. The zero-order valence-electron chi connectivity index (χ0n) is 17.6. The second-order valence-corrected chi connectivity index (χ2v) is 6.53. The smallest absolute Gasteiger partial charge is 0.187 e. The number of carbonyl (C=O) groups excluding carboxylic acids is 1. The summed E-state index contributed by atoms with van der Waals surface area (Å²) in [5.74, 6) is 2.48. The Morgan fingerprint density at radius 1 is 1.03 bits per heavy atom. The molecule has 0 amide bonds. The van der Waals surface area contributed by atoms with Gasteiger partial charge in [0.15, 0.2) is 28.8 Å². The van der Waals surface area contributed by atoms with Crippen LogP contribution < -0.4 is 18.9 Å². The molecule has 2 aromatic carbocycles. The maximum atomic E-state index is 12.7. The van der Waals surface area contributed by atoms with Gasteiger partial charge >= 0.3 is 0 Å². The average Bonchev–Trinajstić information content (AvgIpc) is 2.76. The number of hydrogen-bond donors (Lipinski definition) is 0. The molecular formula is C23H27NO6. The predicted molar refractivity (Wildman–Crippen MR) is 113 cm³/mol. The van der Waals surface area contributed by atoms with E-state index in [2.05, 4.69) is 4.99 Å². The van der Waals surface area contributed by atoms with Gasteiger partial charge in [0.2, 0.25) is 0 Å². The molecule has 0 aliphatic carbocycles. The summed E-state index contributed by atoms with van der Waals surface area (Å²) in [7, 11) is 1.50. The van der Waals surface area contributed by atoms with Crippen LogP contribution in [-0.4, -0.2) is 52.1 Å². The van der Waals surface area contributed by atoms with Crippen LogP contribution in [0.5, 0.6) is 23.0 Å². The van der Waals surface area contributed by atoms with Gasteiger partial charge in [-0.05, 0) is 55.3 Å². The number of ether oxygens (including phenoxy) is 5. The van der Waals surface area contributed by atoms with E-state index in [1.807, 2.05) is 38.1 Å². The van der Waals surface area contributed by atoms with E-state index in [1.54, 1.807) is 18.3 Å². The van der Waals surface area contributed by atoms with Gasteiger partial charge in [-0.15, -0.1) is 0 Å². The van der Waals surface area contributed by atoms with Crippen LogP contribution in [0.2, 0.25) is 0 Å². The van der Waals surface area contributed by atoms with Crippen LogP contribution in [0.3, 0.4) is 0 Å². The van der Waals surface area contributed by atoms with Gasteiger partial charge in [-0.2, -0.15) is 0 Å². The van der Waals surface area contributed by atoms with Crippen LogP contribution in [0, 0.1) is 0 Å². The molecular weight excluding hydrogens is 386 g/mol. The van der Waals surface area contributed by atoms with Crippen LogP contribution in [0.4, 0.5) is 0 Å². The average molecular weight is 413 g/mol. The standard InChI is InChI=1S/C23H27NO6/c1-4-27-19-8-6-16(12-21(19)28-5-2)14-24-15-18(25)23(26-3)17-7-9-20-22(13-17)30-11-10-29-20/h6-9,12-14,23H,4-5,10-11,15H2,1-3H3. The SMILES string of the molecule is CCOc1ccc(C=NCC(=O)C(OC)c2ccc3c(c2)OCCO3)cc1OCC. The van der Waals surface area contributed by atoms with Gasteiger partial charge in [-0.25, -0.2) is 0 Å². The fraction of sp³-hybridized carbons (Fsp3) is 0.391. The number of carbonyl (C=O) groups is 1. The minimum Gasteiger partial charge on any atom is -0.490 e. The van der Waals surface area contributed by atoms with Crippen LogP contribution >= 0.6 is 0 Å². The van der Waals surface area contributed by atoms with Gasteiger partial charge in [0.1, 0.15) is 25.9 Å². The minimum atomic E-state index is -0.725. The van der Waals surface area contributed by atoms with Crippen molar-refractivity contribution >= 4 is 12.0 Å². The van der Waals surface area contributed by atoms with Gasteiger partial charge in [0, 0.05) is 13.3 Å². The van der Waals surface area contributed by atoms with E-state index in [9.17, 15) is 4.79 Å². The Labute approximate surface area is 176 Å². The molecule has 1 aliphatic heterocycles. The van der Waals surface area contributed by atoms with Crippen molar-refractivity contribution in [2.45, 2.75) is 20.0 Å². The number of fused-ring (bicyclic) bond motifs is 1. The molecule has 3 rings (SSSR count). The number of Topliss-reactive ketones (excluding diaryl/α,β-unsaturated/α-hetero) is 1. The molecule has 1 aliphatic rings. The van der Waals surface area contributed by atoms with Crippen molar-refractivity contribution in [2.24, 2.45) is 4.99 Å². The Bertz CT molecular complexity index is 895. The molecule has 0 bridgehead atoms. The highest BCUT2D eigenvalue weighted by atomic mass is 16.6. The molecule has 7 heteroatoms.